The van der Waals surface area contributed by atoms with Crippen LogP contribution in [0.25, 0.3) is 10.8 Å². The van der Waals surface area contributed by atoms with Gasteiger partial charge < -0.3 is 10.4 Å². The number of rotatable bonds is 5. The van der Waals surface area contributed by atoms with Gasteiger partial charge in [-0.2, -0.15) is 0 Å². The Balaban J connectivity index is 2.05. The van der Waals surface area contributed by atoms with Crippen LogP contribution in [0.1, 0.15) is 19.3 Å². The fourth-order valence-electron chi connectivity index (χ4n) is 1.95. The topological polar surface area (TPSA) is 66.4 Å². The van der Waals surface area contributed by atoms with E-state index in [1.165, 1.54) is 0 Å². The van der Waals surface area contributed by atoms with Crippen LogP contribution >= 0.6 is 0 Å². The van der Waals surface area contributed by atoms with Gasteiger partial charge in [0.1, 0.15) is 0 Å². The highest BCUT2D eigenvalue weighted by Crippen LogP contribution is 2.23. The van der Waals surface area contributed by atoms with Gasteiger partial charge in [0.05, 0.1) is 0 Å². The summed E-state index contributed by atoms with van der Waals surface area (Å²) in [7, 11) is 0. The van der Waals surface area contributed by atoms with Crippen LogP contribution in [0.4, 0.5) is 5.69 Å². The average molecular weight is 257 g/mol. The minimum Gasteiger partial charge on any atom is -0.481 e. The van der Waals surface area contributed by atoms with Crippen LogP contribution in [-0.4, -0.2) is 17.0 Å². The normalized spacial score (nSPS) is 10.3. The van der Waals surface area contributed by atoms with Gasteiger partial charge in [-0.05, 0) is 17.9 Å². The maximum absolute atomic E-state index is 11.7. The summed E-state index contributed by atoms with van der Waals surface area (Å²) in [5.74, 6) is -1.03. The zero-order chi connectivity index (χ0) is 13.7. The molecule has 0 radical (unpaired) electrons. The second-order valence-electron chi connectivity index (χ2n) is 4.32. The number of nitrogens with one attached hydrogen (secondary N) is 1. The SMILES string of the molecule is O=C(O)CCCC(=O)Nc1cccc2ccccc12. The molecule has 0 saturated carbocycles. The third-order valence-electron chi connectivity index (χ3n) is 2.86. The quantitative estimate of drug-likeness (QED) is 0.865. The van der Waals surface area contributed by atoms with E-state index >= 15 is 0 Å². The molecule has 0 heterocycles. The molecule has 1 amide bonds. The number of hydrogen-bond acceptors (Lipinski definition) is 2. The number of anilines is 1. The Bertz CT molecular complexity index is 602. The molecule has 0 spiro atoms. The lowest BCUT2D eigenvalue weighted by atomic mass is 10.1. The summed E-state index contributed by atoms with van der Waals surface area (Å²) in [6.45, 7) is 0. The number of fused-ring (bicyclic) bond motifs is 1. The highest BCUT2D eigenvalue weighted by molar-refractivity contribution is 6.02. The van der Waals surface area contributed by atoms with Crippen molar-refractivity contribution in [3.8, 4) is 0 Å². The first-order chi connectivity index (χ1) is 9.16. The minimum atomic E-state index is -0.877. The van der Waals surface area contributed by atoms with E-state index in [4.69, 9.17) is 5.11 Å². The molecule has 0 bridgehead atoms. The molecular formula is C15H15NO3. The van der Waals surface area contributed by atoms with Gasteiger partial charge in [0.15, 0.2) is 0 Å². The van der Waals surface area contributed by atoms with Gasteiger partial charge >= 0.3 is 5.97 Å². The van der Waals surface area contributed by atoms with Crippen molar-refractivity contribution in [3.05, 3.63) is 42.5 Å². The van der Waals surface area contributed by atoms with Crippen molar-refractivity contribution >= 4 is 28.3 Å². The number of carbonyl (C=O) groups is 2. The molecule has 0 aliphatic heterocycles. The molecule has 19 heavy (non-hydrogen) atoms. The average Bonchev–Trinajstić information content (AvgIpc) is 2.39. The van der Waals surface area contributed by atoms with Crippen LogP contribution in [-0.2, 0) is 9.59 Å². The van der Waals surface area contributed by atoms with Gasteiger partial charge in [-0.1, -0.05) is 36.4 Å². The third kappa shape index (κ3) is 3.55. The predicted octanol–water partition coefficient (Wildman–Crippen LogP) is 3.03. The molecule has 0 aliphatic carbocycles. The Kier molecular flexibility index (Phi) is 4.13. The van der Waals surface area contributed by atoms with Crippen molar-refractivity contribution in [1.29, 1.82) is 0 Å². The molecule has 4 heteroatoms. The predicted molar refractivity (Wildman–Crippen MR) is 74.1 cm³/mol. The Morgan fingerprint density at radius 3 is 2.53 bits per heavy atom. The summed E-state index contributed by atoms with van der Waals surface area (Å²) in [5, 5.41) is 13.4. The number of benzene rings is 2. The monoisotopic (exact) mass is 257 g/mol. The Hall–Kier alpha value is -2.36. The Labute approximate surface area is 111 Å². The summed E-state index contributed by atoms with van der Waals surface area (Å²) in [5.41, 5.74) is 0.762. The lowest BCUT2D eigenvalue weighted by molar-refractivity contribution is -0.137. The fourth-order valence-corrected chi connectivity index (χ4v) is 1.95. The third-order valence-corrected chi connectivity index (χ3v) is 2.86. The smallest absolute Gasteiger partial charge is 0.303 e. The minimum absolute atomic E-state index is 0.0168. The van der Waals surface area contributed by atoms with Crippen LogP contribution in [0.15, 0.2) is 42.5 Å². The van der Waals surface area contributed by atoms with Crippen molar-refractivity contribution < 1.29 is 14.7 Å². The summed E-state index contributed by atoms with van der Waals surface area (Å²) in [6, 6.07) is 13.5. The van der Waals surface area contributed by atoms with Gasteiger partial charge in [0.2, 0.25) is 5.91 Å². The van der Waals surface area contributed by atoms with Gasteiger partial charge in [-0.25, -0.2) is 0 Å². The molecule has 0 atom stereocenters. The van der Waals surface area contributed by atoms with E-state index in [1.54, 1.807) is 0 Å². The first-order valence-corrected chi connectivity index (χ1v) is 6.16. The van der Waals surface area contributed by atoms with E-state index in [-0.39, 0.29) is 18.7 Å². The van der Waals surface area contributed by atoms with Gasteiger partial charge in [-0.15, -0.1) is 0 Å². The summed E-state index contributed by atoms with van der Waals surface area (Å²) < 4.78 is 0. The van der Waals surface area contributed by atoms with Crippen molar-refractivity contribution in [2.75, 3.05) is 5.32 Å². The van der Waals surface area contributed by atoms with E-state index in [0.29, 0.717) is 6.42 Å². The van der Waals surface area contributed by atoms with Crippen LogP contribution in [0.5, 0.6) is 0 Å². The molecule has 2 N–H and O–H groups in total. The maximum atomic E-state index is 11.7. The van der Waals surface area contributed by atoms with Crippen molar-refractivity contribution in [2.45, 2.75) is 19.3 Å². The zero-order valence-electron chi connectivity index (χ0n) is 10.4. The molecule has 0 aromatic heterocycles. The molecule has 0 unspecified atom stereocenters. The van der Waals surface area contributed by atoms with Crippen molar-refractivity contribution in [1.82, 2.24) is 0 Å². The van der Waals surface area contributed by atoms with Crippen molar-refractivity contribution in [3.63, 3.8) is 0 Å². The molecule has 0 aliphatic rings. The zero-order valence-corrected chi connectivity index (χ0v) is 10.4. The Morgan fingerprint density at radius 1 is 1.00 bits per heavy atom. The lowest BCUT2D eigenvalue weighted by Gasteiger charge is -2.08. The number of carboxylic acids is 1. The summed E-state index contributed by atoms with van der Waals surface area (Å²) in [4.78, 5) is 22.1. The van der Waals surface area contributed by atoms with E-state index in [0.717, 1.165) is 16.5 Å². The first kappa shape index (κ1) is 13.1. The highest BCUT2D eigenvalue weighted by Gasteiger charge is 2.06. The summed E-state index contributed by atoms with van der Waals surface area (Å²) >= 11 is 0. The standard InChI is InChI=1S/C15H15NO3/c17-14(9-4-10-15(18)19)16-13-8-3-6-11-5-1-2-7-12(11)13/h1-3,5-8H,4,9-10H2,(H,16,17)(H,18,19). The van der Waals surface area contributed by atoms with Crippen LogP contribution in [0, 0.1) is 0 Å². The van der Waals surface area contributed by atoms with E-state index in [2.05, 4.69) is 5.32 Å². The van der Waals surface area contributed by atoms with Gasteiger partial charge in [0.25, 0.3) is 0 Å². The number of carboxylic acid groups (broad SMARTS) is 1. The highest BCUT2D eigenvalue weighted by atomic mass is 16.4. The first-order valence-electron chi connectivity index (χ1n) is 6.16. The molecule has 0 saturated heterocycles. The number of amides is 1. The van der Waals surface area contributed by atoms with Crippen molar-refractivity contribution in [2.24, 2.45) is 0 Å². The van der Waals surface area contributed by atoms with E-state index < -0.39 is 5.97 Å². The fraction of sp³-hybridized carbons (Fsp3) is 0.200. The molecular weight excluding hydrogens is 242 g/mol. The van der Waals surface area contributed by atoms with Crippen LogP contribution in [0.3, 0.4) is 0 Å². The molecule has 2 rings (SSSR count). The van der Waals surface area contributed by atoms with E-state index in [1.807, 2.05) is 42.5 Å². The van der Waals surface area contributed by atoms with E-state index in [9.17, 15) is 9.59 Å². The van der Waals surface area contributed by atoms with Gasteiger partial charge in [0, 0.05) is 23.9 Å². The molecule has 2 aromatic rings. The maximum Gasteiger partial charge on any atom is 0.303 e. The molecule has 4 nitrogen and oxygen atoms in total. The largest absolute Gasteiger partial charge is 0.481 e. The molecule has 98 valence electrons. The van der Waals surface area contributed by atoms with Gasteiger partial charge in [-0.3, -0.25) is 9.59 Å². The second-order valence-corrected chi connectivity index (χ2v) is 4.32. The Morgan fingerprint density at radius 2 is 1.74 bits per heavy atom. The lowest BCUT2D eigenvalue weighted by Crippen LogP contribution is -2.12. The number of carbonyl (C=O) groups excluding carboxylic acids is 1. The number of aliphatic carboxylic acids is 1. The van der Waals surface area contributed by atoms with Crippen LogP contribution < -0.4 is 5.32 Å². The number of hydrogen-bond donors (Lipinski definition) is 2. The molecule has 2 aromatic carbocycles. The molecule has 0 fully saturated rings. The van der Waals surface area contributed by atoms with Crippen LogP contribution in [0.2, 0.25) is 0 Å². The second kappa shape index (κ2) is 6.00. The summed E-state index contributed by atoms with van der Waals surface area (Å²) in [6.07, 6.45) is 0.588.